The third kappa shape index (κ3) is 3.42. The number of benzene rings is 2. The Morgan fingerprint density at radius 1 is 1.22 bits per heavy atom. The quantitative estimate of drug-likeness (QED) is 0.691. The third-order valence-electron chi connectivity index (χ3n) is 3.46. The van der Waals surface area contributed by atoms with Gasteiger partial charge in [0.1, 0.15) is 12.3 Å². The van der Waals surface area contributed by atoms with Crippen LogP contribution in [0.1, 0.15) is 0 Å². The number of carbonyl (C=O) groups is 2. The molecule has 3 rings (SSSR count). The monoisotopic (exact) mass is 312 g/mol. The van der Waals surface area contributed by atoms with E-state index in [0.717, 1.165) is 11.4 Å². The van der Waals surface area contributed by atoms with Crippen LogP contribution in [-0.4, -0.2) is 32.1 Å². The van der Waals surface area contributed by atoms with E-state index in [0.29, 0.717) is 11.4 Å². The minimum atomic E-state index is -0.374. The van der Waals surface area contributed by atoms with Crippen molar-refractivity contribution in [3.63, 3.8) is 0 Å². The molecule has 0 spiro atoms. The smallest absolute Gasteiger partial charge is 0.331 e. The van der Waals surface area contributed by atoms with Crippen molar-refractivity contribution in [3.05, 3.63) is 48.5 Å². The molecule has 6 nitrogen and oxygen atoms in total. The van der Waals surface area contributed by atoms with Crippen LogP contribution >= 0.6 is 0 Å². The Morgan fingerprint density at radius 2 is 1.96 bits per heavy atom. The number of nitrogens with one attached hydrogen (secondary N) is 1. The SMILES string of the molecule is COc1ccc(NC(=O)CN2CC(=O)Oc3ccccc32)cc1. The Balaban J connectivity index is 1.69. The summed E-state index contributed by atoms with van der Waals surface area (Å²) < 4.78 is 10.2. The van der Waals surface area contributed by atoms with E-state index in [1.54, 1.807) is 48.4 Å². The summed E-state index contributed by atoms with van der Waals surface area (Å²) in [6.45, 7) is 0.116. The maximum Gasteiger partial charge on any atom is 0.331 e. The van der Waals surface area contributed by atoms with Crippen LogP contribution in [0.4, 0.5) is 11.4 Å². The van der Waals surface area contributed by atoms with Crippen LogP contribution in [0.5, 0.6) is 11.5 Å². The van der Waals surface area contributed by atoms with Crippen LogP contribution in [-0.2, 0) is 9.59 Å². The van der Waals surface area contributed by atoms with Crippen LogP contribution in [0.25, 0.3) is 0 Å². The summed E-state index contributed by atoms with van der Waals surface area (Å²) in [7, 11) is 1.58. The molecule has 1 heterocycles. The highest BCUT2D eigenvalue weighted by Gasteiger charge is 2.25. The number of nitrogens with zero attached hydrogens (tertiary/aromatic N) is 1. The fraction of sp³-hybridized carbons (Fsp3) is 0.176. The Bertz CT molecular complexity index is 728. The molecule has 23 heavy (non-hydrogen) atoms. The van der Waals surface area contributed by atoms with Gasteiger partial charge in [0.25, 0.3) is 0 Å². The number of esters is 1. The van der Waals surface area contributed by atoms with Crippen molar-refractivity contribution in [1.82, 2.24) is 0 Å². The average molecular weight is 312 g/mol. The number of anilines is 2. The average Bonchev–Trinajstić information content (AvgIpc) is 2.55. The molecular formula is C17H16N2O4. The van der Waals surface area contributed by atoms with E-state index in [4.69, 9.17) is 9.47 Å². The molecule has 0 unspecified atom stereocenters. The van der Waals surface area contributed by atoms with Crippen molar-refractivity contribution >= 4 is 23.3 Å². The highest BCUT2D eigenvalue weighted by atomic mass is 16.5. The molecule has 2 aromatic carbocycles. The zero-order chi connectivity index (χ0) is 16.2. The predicted octanol–water partition coefficient (Wildman–Crippen LogP) is 2.06. The van der Waals surface area contributed by atoms with Gasteiger partial charge in [0.05, 0.1) is 19.3 Å². The Kier molecular flexibility index (Phi) is 4.14. The van der Waals surface area contributed by atoms with Gasteiger partial charge in [0.15, 0.2) is 5.75 Å². The summed E-state index contributed by atoms with van der Waals surface area (Å²) in [4.78, 5) is 25.5. The molecule has 1 N–H and O–H groups in total. The van der Waals surface area contributed by atoms with Gasteiger partial charge in [0.2, 0.25) is 5.91 Å². The summed E-state index contributed by atoms with van der Waals surface area (Å²) in [5.74, 6) is 0.609. The van der Waals surface area contributed by atoms with Crippen LogP contribution in [0.15, 0.2) is 48.5 Å². The standard InChI is InChI=1S/C17H16N2O4/c1-22-13-8-6-12(7-9-13)18-16(20)10-19-11-17(21)23-15-5-3-2-4-14(15)19/h2-9H,10-11H2,1H3,(H,18,20). The summed E-state index contributed by atoms with van der Waals surface area (Å²) in [6, 6.07) is 14.2. The number of carbonyl (C=O) groups excluding carboxylic acids is 2. The highest BCUT2D eigenvalue weighted by Crippen LogP contribution is 2.31. The molecule has 0 aromatic heterocycles. The topological polar surface area (TPSA) is 67.9 Å². The summed E-state index contributed by atoms with van der Waals surface area (Å²) >= 11 is 0. The lowest BCUT2D eigenvalue weighted by molar-refractivity contribution is -0.133. The number of ether oxygens (including phenoxy) is 2. The minimum absolute atomic E-state index is 0.0487. The molecule has 1 aliphatic heterocycles. The van der Waals surface area contributed by atoms with E-state index in [-0.39, 0.29) is 25.0 Å². The van der Waals surface area contributed by atoms with Gasteiger partial charge in [-0.15, -0.1) is 0 Å². The Hall–Kier alpha value is -3.02. The molecule has 0 bridgehead atoms. The molecule has 0 atom stereocenters. The molecule has 0 fully saturated rings. The lowest BCUT2D eigenvalue weighted by Crippen LogP contribution is -2.41. The van der Waals surface area contributed by atoms with E-state index in [1.165, 1.54) is 0 Å². The van der Waals surface area contributed by atoms with E-state index in [9.17, 15) is 9.59 Å². The maximum absolute atomic E-state index is 12.2. The van der Waals surface area contributed by atoms with Crippen molar-refractivity contribution in [2.24, 2.45) is 0 Å². The molecule has 2 aromatic rings. The molecule has 0 saturated heterocycles. The first-order valence-corrected chi connectivity index (χ1v) is 7.14. The number of fused-ring (bicyclic) bond motifs is 1. The molecule has 118 valence electrons. The molecule has 1 amide bonds. The van der Waals surface area contributed by atoms with E-state index < -0.39 is 0 Å². The lowest BCUT2D eigenvalue weighted by atomic mass is 10.2. The van der Waals surface area contributed by atoms with Crippen molar-refractivity contribution in [2.75, 3.05) is 30.4 Å². The Labute approximate surface area is 133 Å². The third-order valence-corrected chi connectivity index (χ3v) is 3.46. The molecule has 0 saturated carbocycles. The van der Waals surface area contributed by atoms with Crippen molar-refractivity contribution < 1.29 is 19.1 Å². The second-order valence-electron chi connectivity index (χ2n) is 5.07. The van der Waals surface area contributed by atoms with Crippen LogP contribution in [0.2, 0.25) is 0 Å². The summed E-state index contributed by atoms with van der Waals surface area (Å²) in [5.41, 5.74) is 1.40. The van der Waals surface area contributed by atoms with Crippen molar-refractivity contribution in [1.29, 1.82) is 0 Å². The van der Waals surface area contributed by atoms with Gasteiger partial charge in [-0.1, -0.05) is 12.1 Å². The zero-order valence-electron chi connectivity index (χ0n) is 12.6. The fourth-order valence-electron chi connectivity index (χ4n) is 2.39. The second kappa shape index (κ2) is 6.39. The van der Waals surface area contributed by atoms with Gasteiger partial charge >= 0.3 is 5.97 Å². The zero-order valence-corrected chi connectivity index (χ0v) is 12.6. The number of amides is 1. The Morgan fingerprint density at radius 3 is 2.70 bits per heavy atom. The van der Waals surface area contributed by atoms with Gasteiger partial charge in [-0.2, -0.15) is 0 Å². The fourth-order valence-corrected chi connectivity index (χ4v) is 2.39. The first-order valence-electron chi connectivity index (χ1n) is 7.14. The van der Waals surface area contributed by atoms with E-state index >= 15 is 0 Å². The molecular weight excluding hydrogens is 296 g/mol. The largest absolute Gasteiger partial charge is 0.497 e. The molecule has 6 heteroatoms. The first-order chi connectivity index (χ1) is 11.2. The van der Waals surface area contributed by atoms with Crippen LogP contribution < -0.4 is 19.7 Å². The summed E-state index contributed by atoms with van der Waals surface area (Å²) in [5, 5.41) is 2.80. The predicted molar refractivity (Wildman–Crippen MR) is 85.9 cm³/mol. The minimum Gasteiger partial charge on any atom is -0.497 e. The number of rotatable bonds is 4. The van der Waals surface area contributed by atoms with Gasteiger partial charge in [-0.25, -0.2) is 4.79 Å². The number of hydrogen-bond donors (Lipinski definition) is 1. The highest BCUT2D eigenvalue weighted by molar-refractivity contribution is 5.96. The lowest BCUT2D eigenvalue weighted by Gasteiger charge is -2.29. The first kappa shape index (κ1) is 14.9. The van der Waals surface area contributed by atoms with Gasteiger partial charge in [-0.05, 0) is 36.4 Å². The molecule has 0 radical (unpaired) electrons. The van der Waals surface area contributed by atoms with Crippen LogP contribution in [0, 0.1) is 0 Å². The van der Waals surface area contributed by atoms with E-state index in [1.807, 2.05) is 12.1 Å². The van der Waals surface area contributed by atoms with Gasteiger partial charge < -0.3 is 19.7 Å². The number of hydrogen-bond acceptors (Lipinski definition) is 5. The van der Waals surface area contributed by atoms with Crippen molar-refractivity contribution in [3.8, 4) is 11.5 Å². The van der Waals surface area contributed by atoms with Gasteiger partial charge in [0, 0.05) is 5.69 Å². The normalized spacial score (nSPS) is 13.1. The molecule has 0 aliphatic carbocycles. The van der Waals surface area contributed by atoms with Crippen LogP contribution in [0.3, 0.4) is 0 Å². The molecule has 1 aliphatic rings. The maximum atomic E-state index is 12.2. The van der Waals surface area contributed by atoms with Crippen molar-refractivity contribution in [2.45, 2.75) is 0 Å². The second-order valence-corrected chi connectivity index (χ2v) is 5.07. The van der Waals surface area contributed by atoms with Gasteiger partial charge in [-0.3, -0.25) is 4.79 Å². The number of methoxy groups -OCH3 is 1. The summed E-state index contributed by atoms with van der Waals surface area (Å²) in [6.07, 6.45) is 0. The number of para-hydroxylation sites is 2. The van der Waals surface area contributed by atoms with E-state index in [2.05, 4.69) is 5.32 Å².